The molecule has 0 atom stereocenters. The van der Waals surface area contributed by atoms with Gasteiger partial charge < -0.3 is 19.8 Å². The number of aromatic nitrogens is 3. The number of benzene rings is 2. The number of H-pyrrole nitrogens is 1. The summed E-state index contributed by atoms with van der Waals surface area (Å²) in [6.07, 6.45) is 0.188. The molecule has 0 spiro atoms. The number of carbonyl (C=O) groups excluding carboxylic acids is 1. The second-order valence-electron chi connectivity index (χ2n) is 6.65. The Morgan fingerprint density at radius 1 is 1.16 bits per heavy atom. The lowest BCUT2D eigenvalue weighted by atomic mass is 10.2. The Balaban J connectivity index is 1.62. The Morgan fingerprint density at radius 2 is 2.00 bits per heavy atom. The van der Waals surface area contributed by atoms with Crippen molar-refractivity contribution in [3.8, 4) is 22.9 Å². The largest absolute Gasteiger partial charge is 0.493 e. The molecule has 3 rings (SSSR count). The number of halogens is 1. The van der Waals surface area contributed by atoms with Crippen molar-refractivity contribution in [3.05, 3.63) is 69.9 Å². The first-order valence-corrected chi connectivity index (χ1v) is 9.78. The van der Waals surface area contributed by atoms with E-state index >= 15 is 0 Å². The summed E-state index contributed by atoms with van der Waals surface area (Å²) < 4.78 is 24.0. The molecule has 0 radical (unpaired) electrons. The Bertz CT molecular complexity index is 1120. The zero-order valence-electron chi connectivity index (χ0n) is 17.3. The van der Waals surface area contributed by atoms with Crippen LogP contribution in [0.25, 0.3) is 11.4 Å². The molecule has 0 saturated heterocycles. The maximum absolute atomic E-state index is 13.2. The van der Waals surface area contributed by atoms with E-state index in [2.05, 4.69) is 20.5 Å². The van der Waals surface area contributed by atoms with E-state index in [-0.39, 0.29) is 42.6 Å². The topological polar surface area (TPSA) is 106 Å². The van der Waals surface area contributed by atoms with Gasteiger partial charge in [0.05, 0.1) is 13.7 Å². The molecule has 9 heteroatoms. The highest BCUT2D eigenvalue weighted by molar-refractivity contribution is 5.76. The van der Waals surface area contributed by atoms with Crippen LogP contribution in [0.15, 0.2) is 47.3 Å². The van der Waals surface area contributed by atoms with Crippen LogP contribution in [-0.2, 0) is 17.8 Å². The molecule has 0 aliphatic rings. The van der Waals surface area contributed by atoms with Gasteiger partial charge >= 0.3 is 0 Å². The fraction of sp³-hybridized carbons (Fsp3) is 0.273. The van der Waals surface area contributed by atoms with Gasteiger partial charge in [0.25, 0.3) is 5.56 Å². The van der Waals surface area contributed by atoms with Gasteiger partial charge in [0.1, 0.15) is 11.5 Å². The molecule has 2 N–H and O–H groups in total. The van der Waals surface area contributed by atoms with Gasteiger partial charge in [-0.15, -0.1) is 10.2 Å². The van der Waals surface area contributed by atoms with Crippen molar-refractivity contribution in [2.45, 2.75) is 26.3 Å². The van der Waals surface area contributed by atoms with Gasteiger partial charge in [-0.05, 0) is 42.8 Å². The van der Waals surface area contributed by atoms with Crippen LogP contribution in [0.2, 0.25) is 0 Å². The van der Waals surface area contributed by atoms with Crippen LogP contribution in [0.5, 0.6) is 11.5 Å². The van der Waals surface area contributed by atoms with Gasteiger partial charge in [-0.1, -0.05) is 12.1 Å². The molecule has 0 aliphatic heterocycles. The summed E-state index contributed by atoms with van der Waals surface area (Å²) in [5.41, 5.74) is 1.00. The molecular weight excluding hydrogens is 403 g/mol. The Hall–Kier alpha value is -3.75. The molecule has 1 heterocycles. The van der Waals surface area contributed by atoms with E-state index in [0.717, 1.165) is 0 Å². The van der Waals surface area contributed by atoms with E-state index in [1.54, 1.807) is 30.3 Å². The van der Waals surface area contributed by atoms with Gasteiger partial charge in [-0.2, -0.15) is 0 Å². The summed E-state index contributed by atoms with van der Waals surface area (Å²) in [5, 5.41) is 10.7. The summed E-state index contributed by atoms with van der Waals surface area (Å²) in [6.45, 7) is 2.57. The Labute approximate surface area is 178 Å². The van der Waals surface area contributed by atoms with Gasteiger partial charge in [0, 0.05) is 24.9 Å². The minimum absolute atomic E-state index is 0.0588. The maximum Gasteiger partial charge on any atom is 0.273 e. The molecule has 0 bridgehead atoms. The Kier molecular flexibility index (Phi) is 7.31. The molecule has 3 aromatic rings. The molecule has 0 unspecified atom stereocenters. The highest BCUT2D eigenvalue weighted by Gasteiger charge is 2.12. The molecule has 0 fully saturated rings. The van der Waals surface area contributed by atoms with Crippen LogP contribution in [-0.4, -0.2) is 34.8 Å². The summed E-state index contributed by atoms with van der Waals surface area (Å²) in [7, 11) is 1.53. The monoisotopic (exact) mass is 426 g/mol. The molecule has 0 aliphatic carbocycles. The van der Waals surface area contributed by atoms with Crippen LogP contribution in [0.1, 0.15) is 24.6 Å². The Morgan fingerprint density at radius 3 is 2.71 bits per heavy atom. The van der Waals surface area contributed by atoms with Gasteiger partial charge in [0.2, 0.25) is 5.91 Å². The van der Waals surface area contributed by atoms with E-state index in [9.17, 15) is 14.0 Å². The van der Waals surface area contributed by atoms with Gasteiger partial charge in [0.15, 0.2) is 17.3 Å². The highest BCUT2D eigenvalue weighted by Crippen LogP contribution is 2.30. The normalized spacial score (nSPS) is 10.5. The van der Waals surface area contributed by atoms with E-state index in [1.807, 2.05) is 6.92 Å². The predicted molar refractivity (Wildman–Crippen MR) is 112 cm³/mol. The summed E-state index contributed by atoms with van der Waals surface area (Å²) >= 11 is 0. The SMILES string of the molecule is CCOc1ccc(-c2nnc(CCC(=O)NCc3cccc(F)c3)c(=O)[nH]2)cc1OC. The molecule has 162 valence electrons. The molecular formula is C22H23FN4O4. The summed E-state index contributed by atoms with van der Waals surface area (Å²) in [6, 6.07) is 11.2. The number of ether oxygens (including phenoxy) is 2. The molecule has 0 saturated carbocycles. The maximum atomic E-state index is 13.2. The molecule has 31 heavy (non-hydrogen) atoms. The zero-order valence-corrected chi connectivity index (χ0v) is 17.3. The van der Waals surface area contributed by atoms with Crippen molar-refractivity contribution < 1.29 is 18.7 Å². The second kappa shape index (κ2) is 10.3. The number of rotatable bonds is 9. The van der Waals surface area contributed by atoms with Gasteiger partial charge in [-0.3, -0.25) is 9.59 Å². The van der Waals surface area contributed by atoms with Crippen molar-refractivity contribution in [2.24, 2.45) is 0 Å². The molecule has 1 aromatic heterocycles. The number of carbonyl (C=O) groups is 1. The van der Waals surface area contributed by atoms with E-state index < -0.39 is 5.56 Å². The number of nitrogens with zero attached hydrogens (tertiary/aromatic N) is 2. The fourth-order valence-corrected chi connectivity index (χ4v) is 2.91. The minimum atomic E-state index is -0.421. The lowest BCUT2D eigenvalue weighted by Gasteiger charge is -2.10. The standard InChI is InChI=1S/C22H23FN4O4/c1-3-31-18-9-7-15(12-19(18)30-2)21-25-22(29)17(26-27-21)8-10-20(28)24-13-14-5-4-6-16(23)11-14/h4-7,9,11-12H,3,8,10,13H2,1-2H3,(H,24,28)(H,25,27,29). The van der Waals surface area contributed by atoms with Crippen molar-refractivity contribution >= 4 is 5.91 Å². The highest BCUT2D eigenvalue weighted by atomic mass is 19.1. The van der Waals surface area contributed by atoms with Crippen molar-refractivity contribution in [2.75, 3.05) is 13.7 Å². The number of amides is 1. The first kappa shape index (κ1) is 21.9. The number of nitrogens with one attached hydrogen (secondary N) is 2. The predicted octanol–water partition coefficient (Wildman–Crippen LogP) is 2.63. The number of aromatic amines is 1. The third-order valence-electron chi connectivity index (χ3n) is 4.47. The molecule has 8 nitrogen and oxygen atoms in total. The first-order valence-electron chi connectivity index (χ1n) is 9.78. The molecule has 2 aromatic carbocycles. The minimum Gasteiger partial charge on any atom is -0.493 e. The second-order valence-corrected chi connectivity index (χ2v) is 6.65. The van der Waals surface area contributed by atoms with Crippen molar-refractivity contribution in [1.29, 1.82) is 0 Å². The van der Waals surface area contributed by atoms with Crippen LogP contribution in [0, 0.1) is 5.82 Å². The van der Waals surface area contributed by atoms with Crippen LogP contribution in [0.4, 0.5) is 4.39 Å². The zero-order chi connectivity index (χ0) is 22.2. The van der Waals surface area contributed by atoms with Gasteiger partial charge in [-0.25, -0.2) is 4.39 Å². The van der Waals surface area contributed by atoms with E-state index in [4.69, 9.17) is 9.47 Å². The number of hydrogen-bond donors (Lipinski definition) is 2. The van der Waals surface area contributed by atoms with Crippen molar-refractivity contribution in [3.63, 3.8) is 0 Å². The van der Waals surface area contributed by atoms with E-state index in [1.165, 1.54) is 19.2 Å². The fourth-order valence-electron chi connectivity index (χ4n) is 2.91. The average molecular weight is 426 g/mol. The van der Waals surface area contributed by atoms with Crippen LogP contribution in [0.3, 0.4) is 0 Å². The van der Waals surface area contributed by atoms with Crippen molar-refractivity contribution in [1.82, 2.24) is 20.5 Å². The summed E-state index contributed by atoms with van der Waals surface area (Å²) in [4.78, 5) is 27.1. The van der Waals surface area contributed by atoms with Crippen LogP contribution < -0.4 is 20.3 Å². The third kappa shape index (κ3) is 5.88. The number of hydrogen-bond acceptors (Lipinski definition) is 6. The lowest BCUT2D eigenvalue weighted by Crippen LogP contribution is -2.25. The smallest absolute Gasteiger partial charge is 0.273 e. The van der Waals surface area contributed by atoms with E-state index in [0.29, 0.717) is 29.2 Å². The average Bonchev–Trinajstić information content (AvgIpc) is 2.77. The first-order chi connectivity index (χ1) is 15.0. The molecule has 1 amide bonds. The van der Waals surface area contributed by atoms with Crippen LogP contribution >= 0.6 is 0 Å². The number of methoxy groups -OCH3 is 1. The number of aryl methyl sites for hydroxylation is 1. The summed E-state index contributed by atoms with van der Waals surface area (Å²) in [5.74, 6) is 0.751. The quantitative estimate of drug-likeness (QED) is 0.545. The lowest BCUT2D eigenvalue weighted by molar-refractivity contribution is -0.121. The third-order valence-corrected chi connectivity index (χ3v) is 4.47.